The first-order chi connectivity index (χ1) is 9.40. The van der Waals surface area contributed by atoms with Gasteiger partial charge in [0, 0.05) is 6.04 Å². The summed E-state index contributed by atoms with van der Waals surface area (Å²) in [5, 5.41) is 16.4. The van der Waals surface area contributed by atoms with Crippen LogP contribution in [0.3, 0.4) is 0 Å². The molecule has 0 saturated heterocycles. The van der Waals surface area contributed by atoms with E-state index in [0.717, 1.165) is 0 Å². The lowest BCUT2D eigenvalue weighted by Crippen LogP contribution is -2.19. The Balaban J connectivity index is 2.34. The molecule has 7 nitrogen and oxygen atoms in total. The smallest absolute Gasteiger partial charge is 0.344 e. The summed E-state index contributed by atoms with van der Waals surface area (Å²) >= 11 is 1.21. The van der Waals surface area contributed by atoms with Gasteiger partial charge in [-0.1, -0.05) is 0 Å². The molecule has 0 spiro atoms. The molecule has 20 heavy (non-hydrogen) atoms. The number of carbonyl (C=O) groups is 1. The molecule has 2 aromatic heterocycles. The third-order valence-electron chi connectivity index (χ3n) is 2.67. The topological polar surface area (TPSA) is 101 Å². The van der Waals surface area contributed by atoms with Gasteiger partial charge in [-0.15, -0.1) is 5.10 Å². The lowest BCUT2D eigenvalue weighted by Gasteiger charge is -2.08. The van der Waals surface area contributed by atoms with Gasteiger partial charge in [-0.3, -0.25) is 4.57 Å². The Bertz CT molecular complexity index is 705. The van der Waals surface area contributed by atoms with Gasteiger partial charge in [-0.2, -0.15) is 0 Å². The van der Waals surface area contributed by atoms with Crippen LogP contribution in [0, 0.1) is 6.92 Å². The van der Waals surface area contributed by atoms with Gasteiger partial charge in [0.25, 0.3) is 0 Å². The molecule has 0 atom stereocenters. The molecule has 106 valence electrons. The molecular weight excluding hydrogens is 280 g/mol. The van der Waals surface area contributed by atoms with Gasteiger partial charge in [0.15, 0.2) is 5.16 Å². The first kappa shape index (κ1) is 14.3. The summed E-state index contributed by atoms with van der Waals surface area (Å²) in [5.41, 5.74) is 0.315. The van der Waals surface area contributed by atoms with Crippen LogP contribution in [0.25, 0.3) is 0 Å². The van der Waals surface area contributed by atoms with Crippen LogP contribution in [0.2, 0.25) is 0 Å². The summed E-state index contributed by atoms with van der Waals surface area (Å²) in [4.78, 5) is 26.8. The Kier molecular flexibility index (Phi) is 3.93. The summed E-state index contributed by atoms with van der Waals surface area (Å²) in [7, 11) is 0. The first-order valence-corrected chi connectivity index (χ1v) is 6.77. The fourth-order valence-corrected chi connectivity index (χ4v) is 2.72. The average Bonchev–Trinajstić information content (AvgIpc) is 2.70. The number of aromatic amines is 1. The largest absolute Gasteiger partial charge is 0.478 e. The minimum absolute atomic E-state index is 0.0249. The van der Waals surface area contributed by atoms with Crippen LogP contribution < -0.4 is 5.69 Å². The molecule has 8 heteroatoms. The van der Waals surface area contributed by atoms with E-state index in [1.54, 1.807) is 13.0 Å². The summed E-state index contributed by atoms with van der Waals surface area (Å²) < 4.78 is 1.52. The highest BCUT2D eigenvalue weighted by Crippen LogP contribution is 2.25. The van der Waals surface area contributed by atoms with Crippen molar-refractivity contribution in [2.75, 3.05) is 0 Å². The fourth-order valence-electron chi connectivity index (χ4n) is 1.73. The Morgan fingerprint density at radius 1 is 1.45 bits per heavy atom. The Hall–Kier alpha value is -2.09. The second-order valence-corrected chi connectivity index (χ2v) is 5.45. The lowest BCUT2D eigenvalue weighted by atomic mass is 10.2. The van der Waals surface area contributed by atoms with Crippen LogP contribution in [0.1, 0.15) is 35.9 Å². The zero-order valence-electron chi connectivity index (χ0n) is 11.2. The second kappa shape index (κ2) is 5.49. The van der Waals surface area contributed by atoms with Crippen molar-refractivity contribution in [3.8, 4) is 0 Å². The monoisotopic (exact) mass is 294 g/mol. The molecule has 2 heterocycles. The molecule has 2 N–H and O–H groups in total. The van der Waals surface area contributed by atoms with Crippen molar-refractivity contribution in [3.05, 3.63) is 33.9 Å². The third kappa shape index (κ3) is 2.74. The van der Waals surface area contributed by atoms with Gasteiger partial charge in [0.1, 0.15) is 5.03 Å². The molecule has 0 fully saturated rings. The Morgan fingerprint density at radius 3 is 2.70 bits per heavy atom. The number of nitrogens with zero attached hydrogens (tertiary/aromatic N) is 3. The number of hydrogen-bond donors (Lipinski definition) is 2. The number of hydrogen-bond acceptors (Lipinski definition) is 5. The number of aromatic nitrogens is 4. The summed E-state index contributed by atoms with van der Waals surface area (Å²) in [6, 6.07) is 3.07. The number of rotatable bonds is 4. The van der Waals surface area contributed by atoms with Crippen LogP contribution >= 0.6 is 11.8 Å². The summed E-state index contributed by atoms with van der Waals surface area (Å²) in [5.74, 6) is -1.01. The normalized spacial score (nSPS) is 11.0. The van der Waals surface area contributed by atoms with Gasteiger partial charge in [-0.25, -0.2) is 19.7 Å². The minimum atomic E-state index is -1.01. The number of aromatic carboxylic acids is 1. The highest BCUT2D eigenvalue weighted by molar-refractivity contribution is 7.99. The maximum Gasteiger partial charge on any atom is 0.344 e. The van der Waals surface area contributed by atoms with Crippen molar-refractivity contribution in [2.24, 2.45) is 0 Å². The molecule has 0 unspecified atom stereocenters. The van der Waals surface area contributed by atoms with E-state index in [1.165, 1.54) is 22.4 Å². The predicted molar refractivity (Wildman–Crippen MR) is 73.3 cm³/mol. The van der Waals surface area contributed by atoms with E-state index >= 15 is 0 Å². The van der Waals surface area contributed by atoms with Gasteiger partial charge in [0.2, 0.25) is 0 Å². The standard InChI is InChI=1S/C12H14N4O3S/c1-6(2)16-11(19)14-15-12(16)20-9-5-4-8(10(17)18)7(3)13-9/h4-6H,1-3H3,(H,14,19)(H,17,18). The highest BCUT2D eigenvalue weighted by Gasteiger charge is 2.15. The molecule has 0 aliphatic rings. The number of carboxylic acids is 1. The Labute approximate surface area is 119 Å². The molecule has 0 aliphatic carbocycles. The van der Waals surface area contributed by atoms with Crippen molar-refractivity contribution >= 4 is 17.7 Å². The van der Waals surface area contributed by atoms with Gasteiger partial charge < -0.3 is 5.11 Å². The van der Waals surface area contributed by atoms with Crippen molar-refractivity contribution in [1.29, 1.82) is 0 Å². The molecule has 0 aliphatic heterocycles. The van der Waals surface area contributed by atoms with Crippen LogP contribution in [-0.4, -0.2) is 30.8 Å². The van der Waals surface area contributed by atoms with E-state index in [4.69, 9.17) is 5.11 Å². The highest BCUT2D eigenvalue weighted by atomic mass is 32.2. The second-order valence-electron chi connectivity index (χ2n) is 4.46. The van der Waals surface area contributed by atoms with Crippen LogP contribution in [0.4, 0.5) is 0 Å². The number of pyridine rings is 1. The zero-order chi connectivity index (χ0) is 14.9. The van der Waals surface area contributed by atoms with Gasteiger partial charge >= 0.3 is 11.7 Å². The molecule has 2 aromatic rings. The number of carboxylic acid groups (broad SMARTS) is 1. The van der Waals surface area contributed by atoms with E-state index < -0.39 is 5.97 Å². The van der Waals surface area contributed by atoms with Crippen molar-refractivity contribution in [3.63, 3.8) is 0 Å². The van der Waals surface area contributed by atoms with Gasteiger partial charge in [-0.05, 0) is 44.7 Å². The number of aryl methyl sites for hydroxylation is 1. The maximum absolute atomic E-state index is 11.6. The molecule has 2 rings (SSSR count). The predicted octanol–water partition coefficient (Wildman–Crippen LogP) is 1.71. The van der Waals surface area contributed by atoms with Crippen LogP contribution in [0.15, 0.2) is 27.1 Å². The van der Waals surface area contributed by atoms with E-state index in [-0.39, 0.29) is 17.3 Å². The summed E-state index contributed by atoms with van der Waals surface area (Å²) in [6.45, 7) is 5.40. The molecule has 0 radical (unpaired) electrons. The quantitative estimate of drug-likeness (QED) is 0.890. The first-order valence-electron chi connectivity index (χ1n) is 5.96. The molecule has 0 aromatic carbocycles. The molecule has 0 amide bonds. The van der Waals surface area contributed by atoms with E-state index in [9.17, 15) is 9.59 Å². The van der Waals surface area contributed by atoms with Crippen molar-refractivity contribution in [2.45, 2.75) is 37.0 Å². The zero-order valence-corrected chi connectivity index (χ0v) is 12.1. The lowest BCUT2D eigenvalue weighted by molar-refractivity contribution is 0.0695. The van der Waals surface area contributed by atoms with Crippen molar-refractivity contribution < 1.29 is 9.90 Å². The van der Waals surface area contributed by atoms with E-state index in [0.29, 0.717) is 15.9 Å². The van der Waals surface area contributed by atoms with Gasteiger partial charge in [0.05, 0.1) is 11.3 Å². The molecule has 0 bridgehead atoms. The third-order valence-corrected chi connectivity index (χ3v) is 3.58. The molecule has 0 saturated carbocycles. The SMILES string of the molecule is Cc1nc(Sc2n[nH]c(=O)n2C(C)C)ccc1C(=O)O. The van der Waals surface area contributed by atoms with E-state index in [1.807, 2.05) is 13.8 Å². The summed E-state index contributed by atoms with van der Waals surface area (Å²) in [6.07, 6.45) is 0. The number of nitrogens with one attached hydrogen (secondary N) is 1. The van der Waals surface area contributed by atoms with Crippen LogP contribution in [-0.2, 0) is 0 Å². The number of H-pyrrole nitrogens is 1. The van der Waals surface area contributed by atoms with Crippen LogP contribution in [0.5, 0.6) is 0 Å². The Morgan fingerprint density at radius 2 is 2.15 bits per heavy atom. The molecular formula is C12H14N4O3S. The fraction of sp³-hybridized carbons (Fsp3) is 0.333. The average molecular weight is 294 g/mol. The minimum Gasteiger partial charge on any atom is -0.478 e. The van der Waals surface area contributed by atoms with Crippen molar-refractivity contribution in [1.82, 2.24) is 19.7 Å². The maximum atomic E-state index is 11.6. The van der Waals surface area contributed by atoms with E-state index in [2.05, 4.69) is 15.2 Å².